The van der Waals surface area contributed by atoms with Gasteiger partial charge in [-0.3, -0.25) is 0 Å². The molecule has 2 aromatic rings. The van der Waals surface area contributed by atoms with Gasteiger partial charge in [0.15, 0.2) is 0 Å². The quantitative estimate of drug-likeness (QED) is 0.851. The first-order chi connectivity index (χ1) is 8.69. The molecule has 0 amide bonds. The number of hydrogen-bond donors (Lipinski definition) is 2. The molecule has 18 heavy (non-hydrogen) atoms. The van der Waals surface area contributed by atoms with Crippen LogP contribution in [-0.2, 0) is 6.54 Å². The molecule has 1 aromatic heterocycles. The minimum atomic E-state index is 0.199. The summed E-state index contributed by atoms with van der Waals surface area (Å²) >= 11 is 0. The summed E-state index contributed by atoms with van der Waals surface area (Å²) in [5.41, 5.74) is 2.14. The molecule has 1 heterocycles. The molecule has 0 aliphatic heterocycles. The normalized spacial score (nSPS) is 10.9. The van der Waals surface area contributed by atoms with Gasteiger partial charge in [-0.05, 0) is 50.7 Å². The predicted octanol–water partition coefficient (Wildman–Crippen LogP) is 2.58. The molecule has 0 atom stereocenters. The maximum absolute atomic E-state index is 5.61. The van der Waals surface area contributed by atoms with Gasteiger partial charge in [0.05, 0.1) is 24.5 Å². The molecule has 96 valence electrons. The van der Waals surface area contributed by atoms with Crippen molar-refractivity contribution in [3.8, 4) is 17.0 Å². The van der Waals surface area contributed by atoms with Crippen LogP contribution in [0.1, 0.15) is 19.7 Å². The summed E-state index contributed by atoms with van der Waals surface area (Å²) < 4.78 is 5.61. The van der Waals surface area contributed by atoms with Crippen molar-refractivity contribution < 1.29 is 4.74 Å². The highest BCUT2D eigenvalue weighted by Crippen LogP contribution is 2.21. The number of aromatic nitrogens is 2. The highest BCUT2D eigenvalue weighted by Gasteiger charge is 2.03. The summed E-state index contributed by atoms with van der Waals surface area (Å²) in [7, 11) is 1.90. The minimum Gasteiger partial charge on any atom is -0.491 e. The van der Waals surface area contributed by atoms with Gasteiger partial charge in [0.1, 0.15) is 11.6 Å². The Kier molecular flexibility index (Phi) is 3.99. The van der Waals surface area contributed by atoms with E-state index < -0.39 is 0 Å². The average Bonchev–Trinajstić information content (AvgIpc) is 2.78. The third-order valence-corrected chi connectivity index (χ3v) is 2.51. The van der Waals surface area contributed by atoms with Crippen LogP contribution in [0.4, 0.5) is 0 Å². The highest BCUT2D eigenvalue weighted by atomic mass is 16.5. The van der Waals surface area contributed by atoms with Crippen molar-refractivity contribution in [2.45, 2.75) is 26.5 Å². The molecule has 1 aromatic carbocycles. The van der Waals surface area contributed by atoms with Gasteiger partial charge in [-0.15, -0.1) is 0 Å². The van der Waals surface area contributed by atoms with Gasteiger partial charge in [-0.25, -0.2) is 4.98 Å². The summed E-state index contributed by atoms with van der Waals surface area (Å²) in [4.78, 5) is 7.58. The lowest BCUT2D eigenvalue weighted by Crippen LogP contribution is -2.06. The van der Waals surface area contributed by atoms with Crippen molar-refractivity contribution in [2.24, 2.45) is 0 Å². The van der Waals surface area contributed by atoms with E-state index in [0.717, 1.165) is 29.4 Å². The molecule has 0 radical (unpaired) electrons. The molecule has 0 unspecified atom stereocenters. The Hall–Kier alpha value is -1.81. The molecule has 0 aliphatic carbocycles. The van der Waals surface area contributed by atoms with Gasteiger partial charge in [0.2, 0.25) is 0 Å². The lowest BCUT2D eigenvalue weighted by Gasteiger charge is -2.09. The van der Waals surface area contributed by atoms with Crippen molar-refractivity contribution >= 4 is 0 Å². The Labute approximate surface area is 107 Å². The summed E-state index contributed by atoms with van der Waals surface area (Å²) in [6.07, 6.45) is 2.05. The first-order valence-corrected chi connectivity index (χ1v) is 6.14. The number of rotatable bonds is 5. The van der Waals surface area contributed by atoms with Crippen LogP contribution in [0.3, 0.4) is 0 Å². The van der Waals surface area contributed by atoms with Gasteiger partial charge >= 0.3 is 0 Å². The number of nitrogens with zero attached hydrogens (tertiary/aromatic N) is 1. The van der Waals surface area contributed by atoms with E-state index in [2.05, 4.69) is 15.3 Å². The van der Waals surface area contributed by atoms with Gasteiger partial charge in [0.25, 0.3) is 0 Å². The van der Waals surface area contributed by atoms with Crippen molar-refractivity contribution in [1.29, 1.82) is 0 Å². The van der Waals surface area contributed by atoms with E-state index in [4.69, 9.17) is 4.74 Å². The molecular formula is C14H19N3O. The van der Waals surface area contributed by atoms with Crippen LogP contribution in [-0.4, -0.2) is 23.1 Å². The van der Waals surface area contributed by atoms with E-state index in [1.807, 2.05) is 51.4 Å². The van der Waals surface area contributed by atoms with E-state index in [1.165, 1.54) is 0 Å². The Bertz CT molecular complexity index is 488. The number of hydrogen-bond acceptors (Lipinski definition) is 3. The summed E-state index contributed by atoms with van der Waals surface area (Å²) in [6.45, 7) is 4.79. The zero-order valence-electron chi connectivity index (χ0n) is 11.0. The lowest BCUT2D eigenvalue weighted by atomic mass is 10.1. The number of aromatic amines is 1. The Morgan fingerprint density at radius 2 is 2.00 bits per heavy atom. The number of ether oxygens (including phenoxy) is 1. The average molecular weight is 245 g/mol. The van der Waals surface area contributed by atoms with Crippen LogP contribution < -0.4 is 10.1 Å². The van der Waals surface area contributed by atoms with Crippen LogP contribution in [0.15, 0.2) is 30.5 Å². The Balaban J connectivity index is 2.12. The van der Waals surface area contributed by atoms with Gasteiger partial charge < -0.3 is 15.0 Å². The standard InChI is InChI=1S/C14H19N3O/c1-10(2)18-12-6-4-11(5-7-12)13-8-16-14(17-13)9-15-3/h4-8,10,15H,9H2,1-3H3,(H,16,17). The molecule has 2 N–H and O–H groups in total. The Morgan fingerprint density at radius 3 is 2.61 bits per heavy atom. The second-order valence-corrected chi connectivity index (χ2v) is 4.46. The van der Waals surface area contributed by atoms with Crippen LogP contribution in [0.2, 0.25) is 0 Å². The summed E-state index contributed by atoms with van der Waals surface area (Å²) in [6, 6.07) is 8.03. The smallest absolute Gasteiger partial charge is 0.120 e. The van der Waals surface area contributed by atoms with Gasteiger partial charge in [-0.1, -0.05) is 0 Å². The lowest BCUT2D eigenvalue weighted by molar-refractivity contribution is 0.242. The highest BCUT2D eigenvalue weighted by molar-refractivity contribution is 5.59. The molecule has 0 aliphatic rings. The third-order valence-electron chi connectivity index (χ3n) is 2.51. The van der Waals surface area contributed by atoms with Crippen molar-refractivity contribution in [2.75, 3.05) is 7.05 Å². The Morgan fingerprint density at radius 1 is 1.28 bits per heavy atom. The van der Waals surface area contributed by atoms with Crippen LogP contribution in [0, 0.1) is 0 Å². The second kappa shape index (κ2) is 5.69. The summed E-state index contributed by atoms with van der Waals surface area (Å²) in [5.74, 6) is 1.83. The third kappa shape index (κ3) is 3.11. The van der Waals surface area contributed by atoms with Gasteiger partial charge in [-0.2, -0.15) is 0 Å². The minimum absolute atomic E-state index is 0.199. The van der Waals surface area contributed by atoms with E-state index in [1.54, 1.807) is 0 Å². The molecule has 0 spiro atoms. The maximum Gasteiger partial charge on any atom is 0.120 e. The molecule has 0 saturated carbocycles. The van der Waals surface area contributed by atoms with Crippen LogP contribution in [0.5, 0.6) is 5.75 Å². The van der Waals surface area contributed by atoms with E-state index in [0.29, 0.717) is 0 Å². The predicted molar refractivity (Wildman–Crippen MR) is 72.6 cm³/mol. The van der Waals surface area contributed by atoms with Crippen molar-refractivity contribution in [3.63, 3.8) is 0 Å². The zero-order chi connectivity index (χ0) is 13.0. The fourth-order valence-electron chi connectivity index (χ4n) is 1.75. The molecule has 4 nitrogen and oxygen atoms in total. The van der Waals surface area contributed by atoms with E-state index in [-0.39, 0.29) is 6.10 Å². The molecular weight excluding hydrogens is 226 g/mol. The fraction of sp³-hybridized carbons (Fsp3) is 0.357. The van der Waals surface area contributed by atoms with Gasteiger partial charge in [0, 0.05) is 0 Å². The molecule has 4 heteroatoms. The van der Waals surface area contributed by atoms with Crippen LogP contribution >= 0.6 is 0 Å². The number of nitrogens with one attached hydrogen (secondary N) is 2. The van der Waals surface area contributed by atoms with Crippen LogP contribution in [0.25, 0.3) is 11.3 Å². The number of imidazole rings is 1. The first-order valence-electron chi connectivity index (χ1n) is 6.14. The monoisotopic (exact) mass is 245 g/mol. The van der Waals surface area contributed by atoms with E-state index in [9.17, 15) is 0 Å². The van der Waals surface area contributed by atoms with Crippen molar-refractivity contribution in [1.82, 2.24) is 15.3 Å². The van der Waals surface area contributed by atoms with Crippen molar-refractivity contribution in [3.05, 3.63) is 36.3 Å². The largest absolute Gasteiger partial charge is 0.491 e. The number of H-pyrrole nitrogens is 1. The molecule has 0 saturated heterocycles. The zero-order valence-corrected chi connectivity index (χ0v) is 11.0. The number of benzene rings is 1. The molecule has 0 bridgehead atoms. The first kappa shape index (κ1) is 12.6. The molecule has 2 rings (SSSR count). The SMILES string of the molecule is CNCc1ncc(-c2ccc(OC(C)C)cc2)[nH]1. The fourth-order valence-corrected chi connectivity index (χ4v) is 1.75. The molecule has 0 fully saturated rings. The summed E-state index contributed by atoms with van der Waals surface area (Å²) in [5, 5.41) is 3.07. The van der Waals surface area contributed by atoms with E-state index >= 15 is 0 Å². The topological polar surface area (TPSA) is 49.9 Å². The second-order valence-electron chi connectivity index (χ2n) is 4.46. The maximum atomic E-state index is 5.61.